The summed E-state index contributed by atoms with van der Waals surface area (Å²) in [6, 6.07) is 6.22. The zero-order valence-corrected chi connectivity index (χ0v) is 13.2. The first-order chi connectivity index (χ1) is 8.28. The van der Waals surface area contributed by atoms with Gasteiger partial charge in [0.2, 0.25) is 0 Å². The third kappa shape index (κ3) is 4.36. The van der Waals surface area contributed by atoms with E-state index in [1.54, 1.807) is 7.11 Å². The Hall–Kier alpha value is -0.980. The molecule has 2 rings (SSSR count). The molecular formula is C13H20IN3O. The van der Waals surface area contributed by atoms with Crippen LogP contribution < -0.4 is 15.4 Å². The van der Waals surface area contributed by atoms with Gasteiger partial charge in [0.05, 0.1) is 7.11 Å². The number of aliphatic imine (C=N–C) groups is 1. The number of nitrogens with one attached hydrogen (secondary N) is 2. The third-order valence-electron chi connectivity index (χ3n) is 2.70. The van der Waals surface area contributed by atoms with Gasteiger partial charge in [-0.1, -0.05) is 6.07 Å². The molecule has 0 bridgehead atoms. The van der Waals surface area contributed by atoms with Crippen molar-refractivity contribution in [3.8, 4) is 5.75 Å². The summed E-state index contributed by atoms with van der Waals surface area (Å²) in [6.07, 6.45) is 1.11. The molecule has 1 heterocycles. The molecule has 1 aliphatic heterocycles. The number of rotatable bonds is 3. The van der Waals surface area contributed by atoms with Crippen LogP contribution in [0.2, 0.25) is 0 Å². The van der Waals surface area contributed by atoms with E-state index in [0.29, 0.717) is 0 Å². The standard InChI is InChI=1S/C13H19N3O.HI/c1-10-6-11(8-12(7-10)17-2)9-16-13-14-4-3-5-15-13;/h6-8H,3-5,9H2,1-2H3,(H2,14,15,16);1H. The second-order valence-electron chi connectivity index (χ2n) is 4.22. The lowest BCUT2D eigenvalue weighted by atomic mass is 10.1. The Kier molecular flexibility index (Phi) is 6.24. The second kappa shape index (κ2) is 7.45. The van der Waals surface area contributed by atoms with Crippen molar-refractivity contribution in [2.24, 2.45) is 4.99 Å². The quantitative estimate of drug-likeness (QED) is 0.811. The van der Waals surface area contributed by atoms with Gasteiger partial charge in [0.25, 0.3) is 0 Å². The van der Waals surface area contributed by atoms with Crippen LogP contribution in [0.5, 0.6) is 5.75 Å². The molecule has 1 aromatic carbocycles. The number of aryl methyl sites for hydroxylation is 1. The SMILES string of the molecule is COc1cc(C)cc(CNC2=NCCCN2)c1.I. The molecule has 0 spiro atoms. The number of ether oxygens (including phenoxy) is 1. The predicted molar refractivity (Wildman–Crippen MR) is 84.9 cm³/mol. The van der Waals surface area contributed by atoms with E-state index in [-0.39, 0.29) is 24.0 Å². The normalized spacial score (nSPS) is 14.0. The smallest absolute Gasteiger partial charge is 0.191 e. The lowest BCUT2D eigenvalue weighted by molar-refractivity contribution is 0.414. The predicted octanol–water partition coefficient (Wildman–Crippen LogP) is 2.06. The number of hydrogen-bond acceptors (Lipinski definition) is 4. The summed E-state index contributed by atoms with van der Waals surface area (Å²) in [5.41, 5.74) is 2.41. The van der Waals surface area contributed by atoms with E-state index < -0.39 is 0 Å². The Bertz CT molecular complexity index is 421. The van der Waals surface area contributed by atoms with Gasteiger partial charge in [-0.15, -0.1) is 24.0 Å². The maximum Gasteiger partial charge on any atom is 0.191 e. The van der Waals surface area contributed by atoms with Crippen molar-refractivity contribution in [2.45, 2.75) is 19.9 Å². The van der Waals surface area contributed by atoms with Crippen LogP contribution in [0.25, 0.3) is 0 Å². The zero-order chi connectivity index (χ0) is 12.1. The van der Waals surface area contributed by atoms with Gasteiger partial charge in [-0.25, -0.2) is 0 Å². The topological polar surface area (TPSA) is 45.6 Å². The lowest BCUT2D eigenvalue weighted by Gasteiger charge is -2.16. The van der Waals surface area contributed by atoms with Crippen molar-refractivity contribution in [1.82, 2.24) is 10.6 Å². The number of methoxy groups -OCH3 is 1. The molecule has 1 aliphatic rings. The number of nitrogens with zero attached hydrogens (tertiary/aromatic N) is 1. The highest BCUT2D eigenvalue weighted by Crippen LogP contribution is 2.16. The average molecular weight is 361 g/mol. The first kappa shape index (κ1) is 15.1. The van der Waals surface area contributed by atoms with Crippen molar-refractivity contribution in [2.75, 3.05) is 20.2 Å². The molecule has 0 unspecified atom stereocenters. The van der Waals surface area contributed by atoms with Crippen molar-refractivity contribution in [3.05, 3.63) is 29.3 Å². The van der Waals surface area contributed by atoms with Gasteiger partial charge in [0.1, 0.15) is 5.75 Å². The second-order valence-corrected chi connectivity index (χ2v) is 4.22. The Morgan fingerprint density at radius 2 is 2.22 bits per heavy atom. The fourth-order valence-electron chi connectivity index (χ4n) is 1.88. The average Bonchev–Trinajstić information content (AvgIpc) is 2.37. The van der Waals surface area contributed by atoms with E-state index >= 15 is 0 Å². The molecule has 100 valence electrons. The molecular weight excluding hydrogens is 341 g/mol. The highest BCUT2D eigenvalue weighted by atomic mass is 127. The summed E-state index contributed by atoms with van der Waals surface area (Å²) < 4.78 is 5.25. The number of halogens is 1. The van der Waals surface area contributed by atoms with E-state index in [4.69, 9.17) is 4.74 Å². The molecule has 0 saturated carbocycles. The van der Waals surface area contributed by atoms with Crippen LogP contribution in [0.3, 0.4) is 0 Å². The van der Waals surface area contributed by atoms with Crippen molar-refractivity contribution in [1.29, 1.82) is 0 Å². The van der Waals surface area contributed by atoms with Gasteiger partial charge in [-0.05, 0) is 36.6 Å². The minimum Gasteiger partial charge on any atom is -0.497 e. The van der Waals surface area contributed by atoms with Crippen molar-refractivity contribution < 1.29 is 4.74 Å². The van der Waals surface area contributed by atoms with E-state index in [2.05, 4.69) is 28.6 Å². The fraction of sp³-hybridized carbons (Fsp3) is 0.462. The third-order valence-corrected chi connectivity index (χ3v) is 2.70. The Morgan fingerprint density at radius 1 is 1.39 bits per heavy atom. The molecule has 0 aromatic heterocycles. The molecule has 0 radical (unpaired) electrons. The van der Waals surface area contributed by atoms with Gasteiger partial charge < -0.3 is 15.4 Å². The van der Waals surface area contributed by atoms with Gasteiger partial charge in [-0.2, -0.15) is 0 Å². The number of guanidine groups is 1. The van der Waals surface area contributed by atoms with Crippen LogP contribution >= 0.6 is 24.0 Å². The monoisotopic (exact) mass is 361 g/mol. The van der Waals surface area contributed by atoms with Crippen LogP contribution in [0.4, 0.5) is 0 Å². The van der Waals surface area contributed by atoms with Crippen LogP contribution in [0.1, 0.15) is 17.5 Å². The van der Waals surface area contributed by atoms with E-state index in [0.717, 1.165) is 37.8 Å². The minimum absolute atomic E-state index is 0. The van der Waals surface area contributed by atoms with Gasteiger partial charge in [0.15, 0.2) is 5.96 Å². The lowest BCUT2D eigenvalue weighted by Crippen LogP contribution is -2.40. The summed E-state index contributed by atoms with van der Waals surface area (Å²) in [7, 11) is 1.69. The van der Waals surface area contributed by atoms with E-state index in [1.165, 1.54) is 11.1 Å². The largest absolute Gasteiger partial charge is 0.497 e. The minimum atomic E-state index is 0. The van der Waals surface area contributed by atoms with Crippen molar-refractivity contribution >= 4 is 29.9 Å². The Balaban J connectivity index is 0.00000162. The summed E-state index contributed by atoms with van der Waals surface area (Å²) in [6.45, 7) is 4.75. The molecule has 5 heteroatoms. The number of hydrogen-bond donors (Lipinski definition) is 2. The molecule has 2 N–H and O–H groups in total. The Labute approximate surface area is 125 Å². The van der Waals surface area contributed by atoms with Gasteiger partial charge in [-0.3, -0.25) is 4.99 Å². The van der Waals surface area contributed by atoms with Crippen molar-refractivity contribution in [3.63, 3.8) is 0 Å². The zero-order valence-electron chi connectivity index (χ0n) is 10.8. The molecule has 0 atom stereocenters. The van der Waals surface area contributed by atoms with Crippen LogP contribution in [-0.4, -0.2) is 26.2 Å². The molecule has 0 amide bonds. The van der Waals surface area contributed by atoms with Gasteiger partial charge in [0, 0.05) is 19.6 Å². The van der Waals surface area contributed by atoms with E-state index in [9.17, 15) is 0 Å². The fourth-order valence-corrected chi connectivity index (χ4v) is 1.88. The summed E-state index contributed by atoms with van der Waals surface area (Å²) in [5.74, 6) is 1.80. The molecule has 0 saturated heterocycles. The summed E-state index contributed by atoms with van der Waals surface area (Å²) in [4.78, 5) is 4.37. The van der Waals surface area contributed by atoms with Gasteiger partial charge >= 0.3 is 0 Å². The number of benzene rings is 1. The van der Waals surface area contributed by atoms with Crippen LogP contribution in [0, 0.1) is 6.92 Å². The highest BCUT2D eigenvalue weighted by Gasteiger charge is 2.04. The maximum absolute atomic E-state index is 5.25. The molecule has 18 heavy (non-hydrogen) atoms. The van der Waals surface area contributed by atoms with Crippen LogP contribution in [-0.2, 0) is 6.54 Å². The molecule has 4 nitrogen and oxygen atoms in total. The molecule has 1 aromatic rings. The summed E-state index contributed by atoms with van der Waals surface area (Å²) >= 11 is 0. The van der Waals surface area contributed by atoms with Crippen LogP contribution in [0.15, 0.2) is 23.2 Å². The first-order valence-electron chi connectivity index (χ1n) is 5.94. The highest BCUT2D eigenvalue weighted by molar-refractivity contribution is 14.0. The maximum atomic E-state index is 5.25. The summed E-state index contributed by atoms with van der Waals surface area (Å²) in [5, 5.41) is 6.54. The first-order valence-corrected chi connectivity index (χ1v) is 5.94. The molecule has 0 aliphatic carbocycles. The Morgan fingerprint density at radius 3 is 2.89 bits per heavy atom. The van der Waals surface area contributed by atoms with E-state index in [1.807, 2.05) is 12.1 Å². The molecule has 0 fully saturated rings.